The average molecular weight is 261 g/mol. The number of nitrogens with two attached hydrogens (primary N) is 1. The Labute approximate surface area is 113 Å². The quantitative estimate of drug-likeness (QED) is 0.878. The van der Waals surface area contributed by atoms with E-state index >= 15 is 0 Å². The number of hydrogen-bond acceptors (Lipinski definition) is 2. The summed E-state index contributed by atoms with van der Waals surface area (Å²) in [5, 5.41) is 4.21. The van der Waals surface area contributed by atoms with Gasteiger partial charge >= 0.3 is 0 Å². The molecular weight excluding hydrogens is 244 g/mol. The maximum absolute atomic E-state index is 6.12. The second-order valence-corrected chi connectivity index (χ2v) is 4.66. The largest absolute Gasteiger partial charge is 0.377 e. The molecule has 94 valence electrons. The highest BCUT2D eigenvalue weighted by Gasteiger charge is 2.10. The lowest BCUT2D eigenvalue weighted by molar-refractivity contribution is 0.789. The fraction of sp³-hybridized carbons (Fsp3) is 0.200. The van der Waals surface area contributed by atoms with Gasteiger partial charge < -0.3 is 11.1 Å². The molecule has 0 saturated carbocycles. The zero-order valence-corrected chi connectivity index (χ0v) is 11.1. The summed E-state index contributed by atoms with van der Waals surface area (Å²) < 4.78 is 0. The van der Waals surface area contributed by atoms with E-state index in [0.29, 0.717) is 6.54 Å². The van der Waals surface area contributed by atoms with E-state index in [4.69, 9.17) is 17.3 Å². The molecule has 0 aliphatic heterocycles. The Hall–Kier alpha value is -1.51. The van der Waals surface area contributed by atoms with Crippen LogP contribution in [0, 0.1) is 6.92 Å². The van der Waals surface area contributed by atoms with Crippen LogP contribution >= 0.6 is 11.6 Å². The van der Waals surface area contributed by atoms with Crippen molar-refractivity contribution in [3.63, 3.8) is 0 Å². The van der Waals surface area contributed by atoms with Crippen molar-refractivity contribution in [2.45, 2.75) is 13.0 Å². The lowest BCUT2D eigenvalue weighted by Gasteiger charge is -2.20. The molecule has 2 nitrogen and oxygen atoms in total. The van der Waals surface area contributed by atoms with Crippen LogP contribution in [-0.4, -0.2) is 6.54 Å². The Bertz CT molecular complexity index is 511. The van der Waals surface area contributed by atoms with E-state index in [-0.39, 0.29) is 6.04 Å². The number of benzene rings is 2. The van der Waals surface area contributed by atoms with E-state index in [0.717, 1.165) is 16.3 Å². The van der Waals surface area contributed by atoms with Gasteiger partial charge in [0.05, 0.1) is 6.04 Å². The maximum Gasteiger partial charge on any atom is 0.0636 e. The van der Waals surface area contributed by atoms with Crippen LogP contribution in [0.25, 0.3) is 0 Å². The minimum Gasteiger partial charge on any atom is -0.377 e. The zero-order valence-electron chi connectivity index (χ0n) is 10.4. The van der Waals surface area contributed by atoms with Gasteiger partial charge in [-0.25, -0.2) is 0 Å². The Balaban J connectivity index is 2.24. The second-order valence-electron chi connectivity index (χ2n) is 4.26. The van der Waals surface area contributed by atoms with Crippen molar-refractivity contribution >= 4 is 17.3 Å². The first-order valence-corrected chi connectivity index (χ1v) is 6.37. The zero-order chi connectivity index (χ0) is 13.0. The highest BCUT2D eigenvalue weighted by Crippen LogP contribution is 2.26. The molecule has 0 aliphatic rings. The van der Waals surface area contributed by atoms with Crippen molar-refractivity contribution in [1.82, 2.24) is 0 Å². The molecule has 2 aromatic carbocycles. The lowest BCUT2D eigenvalue weighted by atomic mass is 10.1. The maximum atomic E-state index is 6.12. The first-order valence-electron chi connectivity index (χ1n) is 5.99. The number of anilines is 1. The summed E-state index contributed by atoms with van der Waals surface area (Å²) in [6.45, 7) is 2.54. The van der Waals surface area contributed by atoms with Crippen LogP contribution in [-0.2, 0) is 0 Å². The molecule has 0 aromatic heterocycles. The van der Waals surface area contributed by atoms with Crippen molar-refractivity contribution in [3.8, 4) is 0 Å². The highest BCUT2D eigenvalue weighted by molar-refractivity contribution is 6.31. The number of nitrogens with one attached hydrogen (secondary N) is 1. The van der Waals surface area contributed by atoms with Crippen molar-refractivity contribution in [1.29, 1.82) is 0 Å². The van der Waals surface area contributed by atoms with Gasteiger partial charge in [-0.15, -0.1) is 0 Å². The fourth-order valence-electron chi connectivity index (χ4n) is 1.92. The van der Waals surface area contributed by atoms with Crippen LogP contribution in [0.1, 0.15) is 17.2 Å². The van der Waals surface area contributed by atoms with Gasteiger partial charge in [-0.2, -0.15) is 0 Å². The van der Waals surface area contributed by atoms with Gasteiger partial charge in [-0.1, -0.05) is 48.0 Å². The van der Waals surface area contributed by atoms with Crippen molar-refractivity contribution in [3.05, 3.63) is 64.7 Å². The molecule has 0 heterocycles. The molecule has 0 aliphatic carbocycles. The van der Waals surface area contributed by atoms with Gasteiger partial charge in [-0.3, -0.25) is 0 Å². The summed E-state index contributed by atoms with van der Waals surface area (Å²) in [5.41, 5.74) is 9.10. The summed E-state index contributed by atoms with van der Waals surface area (Å²) in [7, 11) is 0. The van der Waals surface area contributed by atoms with Crippen LogP contribution < -0.4 is 11.1 Å². The molecule has 2 aromatic rings. The van der Waals surface area contributed by atoms with E-state index in [9.17, 15) is 0 Å². The fourth-order valence-corrected chi connectivity index (χ4v) is 2.09. The number of halogens is 1. The SMILES string of the molecule is Cc1c(Cl)cccc1NC(CN)c1ccccc1. The van der Waals surface area contributed by atoms with Crippen molar-refractivity contribution < 1.29 is 0 Å². The third-order valence-corrected chi connectivity index (χ3v) is 3.44. The smallest absolute Gasteiger partial charge is 0.0636 e. The molecule has 0 fully saturated rings. The van der Waals surface area contributed by atoms with E-state index in [1.54, 1.807) is 0 Å². The molecule has 1 atom stereocenters. The Morgan fingerprint density at radius 2 is 1.83 bits per heavy atom. The van der Waals surface area contributed by atoms with Gasteiger partial charge in [0.25, 0.3) is 0 Å². The molecule has 0 radical (unpaired) electrons. The molecule has 0 saturated heterocycles. The minimum absolute atomic E-state index is 0.100. The van der Waals surface area contributed by atoms with E-state index in [1.807, 2.05) is 43.3 Å². The molecule has 1 unspecified atom stereocenters. The van der Waals surface area contributed by atoms with E-state index < -0.39 is 0 Å². The van der Waals surface area contributed by atoms with Crippen LogP contribution in [0.5, 0.6) is 0 Å². The van der Waals surface area contributed by atoms with Crippen molar-refractivity contribution in [2.75, 3.05) is 11.9 Å². The summed E-state index contributed by atoms with van der Waals surface area (Å²) in [4.78, 5) is 0. The van der Waals surface area contributed by atoms with Gasteiger partial charge in [0.2, 0.25) is 0 Å². The second kappa shape index (κ2) is 5.89. The van der Waals surface area contributed by atoms with Crippen LogP contribution in [0.15, 0.2) is 48.5 Å². The summed E-state index contributed by atoms with van der Waals surface area (Å²) in [6, 6.07) is 16.1. The van der Waals surface area contributed by atoms with Crippen molar-refractivity contribution in [2.24, 2.45) is 5.73 Å². The molecular formula is C15H17ClN2. The molecule has 3 N–H and O–H groups in total. The van der Waals surface area contributed by atoms with Crippen LogP contribution in [0.2, 0.25) is 5.02 Å². The Morgan fingerprint density at radius 1 is 1.11 bits per heavy atom. The third kappa shape index (κ3) is 2.84. The van der Waals surface area contributed by atoms with Gasteiger partial charge in [0.1, 0.15) is 0 Å². The monoisotopic (exact) mass is 260 g/mol. The van der Waals surface area contributed by atoms with Gasteiger partial charge in [-0.05, 0) is 30.2 Å². The molecule has 3 heteroatoms. The van der Waals surface area contributed by atoms with Crippen LogP contribution in [0.4, 0.5) is 5.69 Å². The summed E-state index contributed by atoms with van der Waals surface area (Å²) in [5.74, 6) is 0. The first kappa shape index (κ1) is 12.9. The predicted octanol–water partition coefficient (Wildman–Crippen LogP) is 3.76. The van der Waals surface area contributed by atoms with E-state index in [2.05, 4.69) is 17.4 Å². The summed E-state index contributed by atoms with van der Waals surface area (Å²) in [6.07, 6.45) is 0. The molecule has 0 amide bonds. The molecule has 0 bridgehead atoms. The summed E-state index contributed by atoms with van der Waals surface area (Å²) >= 11 is 6.12. The normalized spacial score (nSPS) is 12.2. The number of hydrogen-bond donors (Lipinski definition) is 2. The number of rotatable bonds is 4. The first-order chi connectivity index (χ1) is 8.72. The molecule has 18 heavy (non-hydrogen) atoms. The van der Waals surface area contributed by atoms with Crippen LogP contribution in [0.3, 0.4) is 0 Å². The minimum atomic E-state index is 0.100. The lowest BCUT2D eigenvalue weighted by Crippen LogP contribution is -2.20. The third-order valence-electron chi connectivity index (χ3n) is 3.04. The Kier molecular flexibility index (Phi) is 4.24. The predicted molar refractivity (Wildman–Crippen MR) is 78.0 cm³/mol. The van der Waals surface area contributed by atoms with E-state index in [1.165, 1.54) is 5.56 Å². The average Bonchev–Trinajstić information content (AvgIpc) is 2.41. The van der Waals surface area contributed by atoms with Gasteiger partial charge in [0.15, 0.2) is 0 Å². The topological polar surface area (TPSA) is 38.0 Å². The highest BCUT2D eigenvalue weighted by atomic mass is 35.5. The standard InChI is InChI=1S/C15H17ClN2/c1-11-13(16)8-5-9-14(11)18-15(10-17)12-6-3-2-4-7-12/h2-9,15,18H,10,17H2,1H3. The van der Waals surface area contributed by atoms with Gasteiger partial charge in [0, 0.05) is 17.3 Å². The molecule has 0 spiro atoms. The Morgan fingerprint density at radius 3 is 2.50 bits per heavy atom. The molecule has 2 rings (SSSR count).